The largest absolute Gasteiger partial charge is 0.450 e. The summed E-state index contributed by atoms with van der Waals surface area (Å²) in [5.41, 5.74) is 0. The van der Waals surface area contributed by atoms with Crippen molar-refractivity contribution in [2.45, 2.75) is 19.1 Å². The molecule has 0 spiro atoms. The van der Waals surface area contributed by atoms with Gasteiger partial charge in [-0.15, -0.1) is 0 Å². The molecule has 1 saturated heterocycles. The number of aliphatic hydroxyl groups is 1. The Morgan fingerprint density at radius 1 is 1.53 bits per heavy atom. The molecule has 0 bridgehead atoms. The number of sulfone groups is 1. The molecule has 1 aliphatic rings. The highest BCUT2D eigenvalue weighted by atomic mass is 32.2. The molecule has 1 amide bonds. The number of rotatable bonds is 2. The molecule has 1 rings (SSSR count). The van der Waals surface area contributed by atoms with E-state index in [-0.39, 0.29) is 18.1 Å². The standard InChI is InChI=1S/C8H15NO5S/c1-3-14-8(11)9(2)6-4-15(12,13)5-7(6)10/h6-7,10H,3-5H2,1-2H3/t6-,7+/m0/s1. The van der Waals surface area contributed by atoms with Crippen molar-refractivity contribution in [2.75, 3.05) is 25.2 Å². The maximum Gasteiger partial charge on any atom is 0.409 e. The van der Waals surface area contributed by atoms with E-state index in [4.69, 9.17) is 4.74 Å². The first-order chi connectivity index (χ1) is 6.87. The number of carbonyl (C=O) groups is 1. The lowest BCUT2D eigenvalue weighted by Crippen LogP contribution is -2.44. The number of aliphatic hydroxyl groups excluding tert-OH is 1. The second-order valence-electron chi connectivity index (χ2n) is 3.52. The molecule has 0 aliphatic carbocycles. The van der Waals surface area contributed by atoms with Gasteiger partial charge in [-0.25, -0.2) is 13.2 Å². The van der Waals surface area contributed by atoms with Gasteiger partial charge in [0.2, 0.25) is 0 Å². The van der Waals surface area contributed by atoms with E-state index in [2.05, 4.69) is 0 Å². The van der Waals surface area contributed by atoms with Crippen LogP contribution in [0.1, 0.15) is 6.92 Å². The average Bonchev–Trinajstić information content (AvgIpc) is 2.39. The predicted molar refractivity (Wildman–Crippen MR) is 53.2 cm³/mol. The first-order valence-corrected chi connectivity index (χ1v) is 6.47. The average molecular weight is 237 g/mol. The van der Waals surface area contributed by atoms with Crippen LogP contribution in [0.5, 0.6) is 0 Å². The Labute approximate surface area is 88.7 Å². The predicted octanol–water partition coefficient (Wildman–Crippen LogP) is -0.767. The fourth-order valence-corrected chi connectivity index (χ4v) is 3.39. The smallest absolute Gasteiger partial charge is 0.409 e. The quantitative estimate of drug-likeness (QED) is 0.682. The van der Waals surface area contributed by atoms with Gasteiger partial charge in [-0.1, -0.05) is 0 Å². The molecular formula is C8H15NO5S. The Bertz CT molecular complexity index is 339. The molecular weight excluding hydrogens is 222 g/mol. The van der Waals surface area contributed by atoms with Gasteiger partial charge in [-0.3, -0.25) is 0 Å². The van der Waals surface area contributed by atoms with Crippen molar-refractivity contribution in [3.63, 3.8) is 0 Å². The number of hydrogen-bond donors (Lipinski definition) is 1. The summed E-state index contributed by atoms with van der Waals surface area (Å²) in [6.07, 6.45) is -1.64. The van der Waals surface area contributed by atoms with Crippen LogP contribution in [0, 0.1) is 0 Å². The van der Waals surface area contributed by atoms with Crippen molar-refractivity contribution in [1.82, 2.24) is 4.90 Å². The van der Waals surface area contributed by atoms with Gasteiger partial charge in [0.15, 0.2) is 9.84 Å². The van der Waals surface area contributed by atoms with Crippen LogP contribution >= 0.6 is 0 Å². The molecule has 0 aromatic heterocycles. The van der Waals surface area contributed by atoms with E-state index in [1.165, 1.54) is 7.05 Å². The lowest BCUT2D eigenvalue weighted by atomic mass is 10.2. The van der Waals surface area contributed by atoms with E-state index < -0.39 is 28.1 Å². The van der Waals surface area contributed by atoms with Crippen molar-refractivity contribution in [3.8, 4) is 0 Å². The highest BCUT2D eigenvalue weighted by Crippen LogP contribution is 2.17. The van der Waals surface area contributed by atoms with Crippen molar-refractivity contribution in [2.24, 2.45) is 0 Å². The maximum absolute atomic E-state index is 11.3. The maximum atomic E-state index is 11.3. The molecule has 1 heterocycles. The third-order valence-electron chi connectivity index (χ3n) is 2.35. The number of ether oxygens (including phenoxy) is 1. The van der Waals surface area contributed by atoms with Crippen LogP contribution < -0.4 is 0 Å². The minimum Gasteiger partial charge on any atom is -0.450 e. The van der Waals surface area contributed by atoms with Gasteiger partial charge in [-0.05, 0) is 6.92 Å². The Kier molecular flexibility index (Phi) is 3.56. The molecule has 6 nitrogen and oxygen atoms in total. The number of amides is 1. The summed E-state index contributed by atoms with van der Waals surface area (Å²) >= 11 is 0. The van der Waals surface area contributed by atoms with Gasteiger partial charge in [0.1, 0.15) is 0 Å². The summed E-state index contributed by atoms with van der Waals surface area (Å²) in [7, 11) is -1.81. The normalized spacial score (nSPS) is 28.7. The van der Waals surface area contributed by atoms with Crippen LogP contribution in [0.3, 0.4) is 0 Å². The van der Waals surface area contributed by atoms with E-state index >= 15 is 0 Å². The van der Waals surface area contributed by atoms with E-state index in [0.717, 1.165) is 4.90 Å². The third kappa shape index (κ3) is 2.82. The molecule has 0 unspecified atom stereocenters. The van der Waals surface area contributed by atoms with E-state index in [0.29, 0.717) is 0 Å². The summed E-state index contributed by atoms with van der Waals surface area (Å²) < 4.78 is 27.1. The first kappa shape index (κ1) is 12.3. The SMILES string of the molecule is CCOC(=O)N(C)[C@H]1CS(=O)(=O)C[C@H]1O. The van der Waals surface area contributed by atoms with Crippen LogP contribution in [0.25, 0.3) is 0 Å². The number of carbonyl (C=O) groups excluding carboxylic acids is 1. The zero-order valence-corrected chi connectivity index (χ0v) is 9.53. The molecule has 1 aliphatic heterocycles. The van der Waals surface area contributed by atoms with Crippen LogP contribution in [0.2, 0.25) is 0 Å². The van der Waals surface area contributed by atoms with Crippen LogP contribution in [0.15, 0.2) is 0 Å². The number of nitrogens with zero attached hydrogens (tertiary/aromatic N) is 1. The molecule has 1 fully saturated rings. The van der Waals surface area contributed by atoms with E-state index in [9.17, 15) is 18.3 Å². The molecule has 2 atom stereocenters. The Morgan fingerprint density at radius 2 is 2.13 bits per heavy atom. The summed E-state index contributed by atoms with van der Waals surface area (Å²) in [6, 6.07) is -0.700. The molecule has 15 heavy (non-hydrogen) atoms. The number of hydrogen-bond acceptors (Lipinski definition) is 5. The lowest BCUT2D eigenvalue weighted by molar-refractivity contribution is 0.0683. The summed E-state index contributed by atoms with van der Waals surface area (Å²) in [5, 5.41) is 9.48. The molecule has 0 saturated carbocycles. The molecule has 1 N–H and O–H groups in total. The second-order valence-corrected chi connectivity index (χ2v) is 5.68. The lowest BCUT2D eigenvalue weighted by Gasteiger charge is -2.24. The summed E-state index contributed by atoms with van der Waals surface area (Å²) in [6.45, 7) is 1.88. The van der Waals surface area contributed by atoms with Crippen LogP contribution in [-0.2, 0) is 14.6 Å². The Hall–Kier alpha value is -0.820. The van der Waals surface area contributed by atoms with Gasteiger partial charge in [0.25, 0.3) is 0 Å². The van der Waals surface area contributed by atoms with Crippen molar-refractivity contribution in [1.29, 1.82) is 0 Å². The summed E-state index contributed by atoms with van der Waals surface area (Å²) in [5.74, 6) is -0.495. The van der Waals surface area contributed by atoms with Crippen molar-refractivity contribution < 1.29 is 23.1 Å². The van der Waals surface area contributed by atoms with Gasteiger partial charge < -0.3 is 14.7 Å². The van der Waals surface area contributed by atoms with Crippen molar-refractivity contribution >= 4 is 15.9 Å². The molecule has 0 radical (unpaired) electrons. The zero-order chi connectivity index (χ0) is 11.6. The summed E-state index contributed by atoms with van der Waals surface area (Å²) in [4.78, 5) is 12.4. The Balaban J connectivity index is 2.69. The van der Waals surface area contributed by atoms with E-state index in [1.807, 2.05) is 0 Å². The molecule has 88 valence electrons. The fourth-order valence-electron chi connectivity index (χ4n) is 1.54. The molecule has 7 heteroatoms. The monoisotopic (exact) mass is 237 g/mol. The first-order valence-electron chi connectivity index (χ1n) is 4.65. The van der Waals surface area contributed by atoms with Crippen molar-refractivity contribution in [3.05, 3.63) is 0 Å². The van der Waals surface area contributed by atoms with E-state index in [1.54, 1.807) is 6.92 Å². The molecule has 0 aromatic carbocycles. The highest BCUT2D eigenvalue weighted by molar-refractivity contribution is 7.91. The van der Waals surface area contributed by atoms with Gasteiger partial charge in [0, 0.05) is 7.05 Å². The topological polar surface area (TPSA) is 83.9 Å². The Morgan fingerprint density at radius 3 is 2.53 bits per heavy atom. The van der Waals surface area contributed by atoms with Gasteiger partial charge >= 0.3 is 6.09 Å². The third-order valence-corrected chi connectivity index (χ3v) is 4.05. The minimum atomic E-state index is -3.24. The van der Waals surface area contributed by atoms with Crippen LogP contribution in [-0.4, -0.2) is 61.8 Å². The molecule has 0 aromatic rings. The second kappa shape index (κ2) is 4.36. The van der Waals surface area contributed by atoms with Gasteiger partial charge in [-0.2, -0.15) is 0 Å². The zero-order valence-electron chi connectivity index (χ0n) is 8.71. The fraction of sp³-hybridized carbons (Fsp3) is 0.875. The minimum absolute atomic E-state index is 0.205. The number of likely N-dealkylation sites (N-methyl/N-ethyl adjacent to an activating group) is 1. The van der Waals surface area contributed by atoms with Gasteiger partial charge in [0.05, 0.1) is 30.3 Å². The van der Waals surface area contributed by atoms with Crippen LogP contribution in [0.4, 0.5) is 4.79 Å². The highest BCUT2D eigenvalue weighted by Gasteiger charge is 2.40.